The summed E-state index contributed by atoms with van der Waals surface area (Å²) < 4.78 is 49.4. The lowest BCUT2D eigenvalue weighted by molar-refractivity contribution is 0.0498. The second kappa shape index (κ2) is 37.3. The molecule has 0 aliphatic carbocycles. The molecule has 0 bridgehead atoms. The molecule has 41 heteroatoms. The standard InChI is InChI=1S/C23H29N7O7.C18H25N5O5.C13H16N4O3.C10H15N3O4.ClHN2/c1-8-35-21(33)18-27-16(12-30(18)7)36-20(32)14-9-13(10-28(14)5)24-19(31)17-25-15(11-29(17)6)26-22(34)37-23(2,3)4;1-7-27-16(25)14-20-13(10-23(14)6)21-15(24)12-8-11(9-22(12)5)19-17(26)28-18(2,3)4;1-4-20-13(19)11-14-10(8-17(11)3)15-12(18)9-6-5-7-16(9)2;1-10(2,3)17-9(16)12-6-5-13(4)7(11-6)8(14)15;1-3-2/h9-12H,8H2,1-7H3,(H,24,31)(H,26,34);8-10H,7H2,1-6H3,(H,19,26)(H,21,24);5-8H,4H2,1-3H3,(H,15,18);5H,1-4H3,(H,12,16)(H,14,15);2H. The van der Waals surface area contributed by atoms with Crippen LogP contribution in [-0.4, -0.2) is 169 Å². The summed E-state index contributed by atoms with van der Waals surface area (Å²) in [5, 5.41) is 24.1. The number of anilines is 6. The van der Waals surface area contributed by atoms with Crippen LogP contribution in [0, 0.1) is 5.53 Å². The maximum atomic E-state index is 12.8. The number of aromatic nitrogens is 13. The molecule has 0 aliphatic rings. The van der Waals surface area contributed by atoms with E-state index in [4.69, 9.17) is 43.8 Å². The van der Waals surface area contributed by atoms with Gasteiger partial charge < -0.3 is 90.8 Å². The Labute approximate surface area is 606 Å². The fourth-order valence-electron chi connectivity index (χ4n) is 8.48. The SMILES string of the molecule is CCOC(=O)c1nc(NC(=O)c2cc(NC(=O)OC(C)(C)C)cn2C)cn1C.CCOC(=O)c1nc(NC(=O)c2cccn2C)cn1C.CCOC(=O)c1nc(OC(=O)c2cc(NC(=O)c3nc(NC(=O)OC(C)(C)C)cn3C)cn2C)cn1C.Cn1cc(NC(=O)OC(C)(C)C)nc1C(=O)O.N=NCl. The first kappa shape index (κ1) is 84.8. The number of nitrogens with one attached hydrogen (secondary N) is 7. The van der Waals surface area contributed by atoms with Gasteiger partial charge in [0, 0.05) is 99.8 Å². The maximum absolute atomic E-state index is 12.8. The third kappa shape index (κ3) is 26.7. The topological polar surface area (TPSA) is 485 Å². The molecule has 0 fully saturated rings. The molecule has 6 amide bonds. The van der Waals surface area contributed by atoms with Gasteiger partial charge in [0.1, 0.15) is 33.9 Å². The molecule has 105 heavy (non-hydrogen) atoms. The molecule has 8 aromatic heterocycles. The highest BCUT2D eigenvalue weighted by Crippen LogP contribution is 2.22. The van der Waals surface area contributed by atoms with Gasteiger partial charge in [-0.1, -0.05) is 4.63 Å². The van der Waals surface area contributed by atoms with E-state index >= 15 is 0 Å². The van der Waals surface area contributed by atoms with Gasteiger partial charge in [-0.3, -0.25) is 30.3 Å². The van der Waals surface area contributed by atoms with Crippen LogP contribution in [0.15, 0.2) is 78.5 Å². The first-order chi connectivity index (χ1) is 48.9. The molecule has 8 heterocycles. The molecule has 0 aliphatic heterocycles. The number of nitrogens with zero attached hydrogens (tertiary/aromatic N) is 14. The Balaban J connectivity index is 0.000000305. The van der Waals surface area contributed by atoms with E-state index in [0.717, 1.165) is 0 Å². The van der Waals surface area contributed by atoms with Gasteiger partial charge in [-0.15, -0.1) is 0 Å². The number of hydrogen-bond acceptors (Lipinski definition) is 25. The zero-order chi connectivity index (χ0) is 79.2. The number of aryl methyl sites for hydroxylation is 8. The summed E-state index contributed by atoms with van der Waals surface area (Å²) in [5.41, 5.74) is 5.29. The number of carboxylic acids is 1. The van der Waals surface area contributed by atoms with Crippen molar-refractivity contribution in [1.82, 2.24) is 61.5 Å². The quantitative estimate of drug-likeness (QED) is 0.0226. The molecule has 0 radical (unpaired) electrons. The van der Waals surface area contributed by atoms with Crippen LogP contribution in [0.25, 0.3) is 0 Å². The number of rotatable bonds is 18. The van der Waals surface area contributed by atoms with Gasteiger partial charge in [-0.05, 0) is 107 Å². The summed E-state index contributed by atoms with van der Waals surface area (Å²) in [5.74, 6) is -4.19. The zero-order valence-electron chi connectivity index (χ0n) is 61.5. The van der Waals surface area contributed by atoms with Gasteiger partial charge in [0.05, 0.1) is 49.2 Å². The van der Waals surface area contributed by atoms with Crippen LogP contribution in [0.4, 0.5) is 49.0 Å². The predicted octanol–water partition coefficient (Wildman–Crippen LogP) is 8.85. The van der Waals surface area contributed by atoms with Gasteiger partial charge >= 0.3 is 48.1 Å². The van der Waals surface area contributed by atoms with E-state index in [0.29, 0.717) is 22.9 Å². The van der Waals surface area contributed by atoms with E-state index in [2.05, 4.69) is 73.2 Å². The molecule has 8 N–H and O–H groups in total. The summed E-state index contributed by atoms with van der Waals surface area (Å²) in [6.07, 6.45) is 10.2. The lowest BCUT2D eigenvalue weighted by Gasteiger charge is -2.19. The van der Waals surface area contributed by atoms with Crippen LogP contribution in [0.2, 0.25) is 0 Å². The Hall–Kier alpha value is -12.6. The fraction of sp³-hybridized carbons (Fsp3) is 0.406. The van der Waals surface area contributed by atoms with Gasteiger partial charge in [-0.2, -0.15) is 10.5 Å². The number of carboxylic acid groups (broad SMARTS) is 1. The van der Waals surface area contributed by atoms with E-state index in [-0.39, 0.29) is 89.6 Å². The minimum atomic E-state index is -1.16. The van der Waals surface area contributed by atoms with Crippen molar-refractivity contribution < 1.29 is 91.0 Å². The fourth-order valence-corrected chi connectivity index (χ4v) is 8.48. The minimum absolute atomic E-state index is 0.0130. The van der Waals surface area contributed by atoms with Crippen LogP contribution in [0.5, 0.6) is 5.88 Å². The Kier molecular flexibility index (Phi) is 30.1. The van der Waals surface area contributed by atoms with Gasteiger partial charge in [0.2, 0.25) is 35.0 Å². The van der Waals surface area contributed by atoms with Crippen LogP contribution in [0.1, 0.15) is 168 Å². The molecule has 0 atom stereocenters. The van der Waals surface area contributed by atoms with Crippen molar-refractivity contribution in [2.75, 3.05) is 51.7 Å². The number of esters is 4. The summed E-state index contributed by atoms with van der Waals surface area (Å²) in [7, 11) is 13.0. The Morgan fingerprint density at radius 1 is 0.429 bits per heavy atom. The number of amides is 6. The third-order valence-corrected chi connectivity index (χ3v) is 12.6. The summed E-state index contributed by atoms with van der Waals surface area (Å²) >= 11 is 4.29. The Morgan fingerprint density at radius 3 is 1.17 bits per heavy atom. The molecule has 0 unspecified atom stereocenters. The number of carbonyl (C=O) groups excluding carboxylic acids is 10. The van der Waals surface area contributed by atoms with Gasteiger partial charge in [0.15, 0.2) is 23.3 Å². The van der Waals surface area contributed by atoms with Crippen LogP contribution in [0.3, 0.4) is 0 Å². The first-order valence-electron chi connectivity index (χ1n) is 31.4. The van der Waals surface area contributed by atoms with Gasteiger partial charge in [0.25, 0.3) is 17.7 Å². The number of carbonyl (C=O) groups is 11. The number of imidazole rings is 5. The minimum Gasteiger partial charge on any atom is -0.475 e. The van der Waals surface area contributed by atoms with E-state index in [1.54, 1.807) is 172 Å². The molecule has 8 rings (SSSR count). The highest BCUT2D eigenvalue weighted by atomic mass is 35.5. The molecule has 0 aromatic carbocycles. The molecular weight excluding hydrogens is 1400 g/mol. The molecule has 40 nitrogen and oxygen atoms in total. The van der Waals surface area contributed by atoms with Crippen LogP contribution >= 0.6 is 11.8 Å². The largest absolute Gasteiger partial charge is 0.475 e. The number of halogens is 1. The molecule has 0 saturated carbocycles. The summed E-state index contributed by atoms with van der Waals surface area (Å²) in [6, 6.07) is 6.40. The zero-order valence-corrected chi connectivity index (χ0v) is 62.2. The van der Waals surface area contributed by atoms with Crippen molar-refractivity contribution >= 4 is 112 Å². The number of ether oxygens (including phenoxy) is 7. The van der Waals surface area contributed by atoms with Crippen LogP contribution < -0.4 is 36.6 Å². The monoisotopic (exact) mass is 1490 g/mol. The average Bonchev–Trinajstić information content (AvgIpc) is 1.69. The van der Waals surface area contributed by atoms with Crippen molar-refractivity contribution in [2.45, 2.75) is 99.9 Å². The van der Waals surface area contributed by atoms with Crippen molar-refractivity contribution in [3.8, 4) is 5.88 Å². The highest BCUT2D eigenvalue weighted by Gasteiger charge is 2.26. The van der Waals surface area contributed by atoms with Crippen molar-refractivity contribution in [3.63, 3.8) is 0 Å². The lowest BCUT2D eigenvalue weighted by atomic mass is 10.2. The smallest absolute Gasteiger partial charge is 0.413 e. The van der Waals surface area contributed by atoms with Crippen molar-refractivity contribution in [1.29, 1.82) is 5.53 Å². The molecule has 8 aromatic rings. The Morgan fingerprint density at radius 2 is 0.771 bits per heavy atom. The van der Waals surface area contributed by atoms with Crippen molar-refractivity contribution in [3.05, 3.63) is 120 Å². The second-order valence-electron chi connectivity index (χ2n) is 24.9. The molecule has 0 spiro atoms. The number of aromatic carboxylic acids is 1. The predicted molar refractivity (Wildman–Crippen MR) is 376 cm³/mol. The third-order valence-electron chi connectivity index (χ3n) is 12.6. The highest BCUT2D eigenvalue weighted by molar-refractivity contribution is 6.13. The maximum Gasteiger partial charge on any atom is 0.413 e. The average molecular weight is 1490 g/mol. The van der Waals surface area contributed by atoms with E-state index in [9.17, 15) is 52.7 Å². The van der Waals surface area contributed by atoms with Gasteiger partial charge in [-0.25, -0.2) is 58.3 Å². The molecular formula is C64H86ClN21O19. The lowest BCUT2D eigenvalue weighted by Crippen LogP contribution is -2.27. The van der Waals surface area contributed by atoms with Crippen molar-refractivity contribution in [2.24, 2.45) is 61.0 Å². The van der Waals surface area contributed by atoms with E-state index in [1.807, 2.05) is 0 Å². The summed E-state index contributed by atoms with van der Waals surface area (Å²) in [4.78, 5) is 151. The summed E-state index contributed by atoms with van der Waals surface area (Å²) in [6.45, 7) is 21.4. The van der Waals surface area contributed by atoms with Crippen LogP contribution in [-0.2, 0) is 84.8 Å². The van der Waals surface area contributed by atoms with E-state index < -0.39 is 76.7 Å². The van der Waals surface area contributed by atoms with E-state index in [1.165, 1.54) is 77.6 Å². The Bertz CT molecular complexity index is 4440. The number of hydrogen-bond donors (Lipinski definition) is 8. The first-order valence-corrected chi connectivity index (χ1v) is 31.7. The second-order valence-corrected chi connectivity index (χ2v) is 25.1. The molecule has 568 valence electrons. The normalized spacial score (nSPS) is 10.8. The molecule has 0 saturated heterocycles.